The predicted octanol–water partition coefficient (Wildman–Crippen LogP) is 0.962. The van der Waals surface area contributed by atoms with Gasteiger partial charge in [0.2, 0.25) is 5.91 Å². The van der Waals surface area contributed by atoms with Crippen LogP contribution in [0.2, 0.25) is 0 Å². The van der Waals surface area contributed by atoms with Gasteiger partial charge in [0.05, 0.1) is 13.0 Å². The van der Waals surface area contributed by atoms with Gasteiger partial charge in [0, 0.05) is 0 Å². The molecule has 0 aromatic heterocycles. The molecular weight excluding hydrogens is 382 g/mol. The molecule has 1 heterocycles. The van der Waals surface area contributed by atoms with E-state index in [0.717, 1.165) is 24.2 Å². The Morgan fingerprint density at radius 2 is 1.53 bits per heavy atom. The molecule has 7 heteroatoms. The van der Waals surface area contributed by atoms with Crippen LogP contribution in [-0.2, 0) is 14.3 Å². The maximum Gasteiger partial charge on any atom is 0.276 e. The maximum atomic E-state index is 12.0. The van der Waals surface area contributed by atoms with Crippen LogP contribution in [0.5, 0.6) is 5.75 Å². The molecule has 3 rings (SSSR count). The first-order valence-electron chi connectivity index (χ1n) is 10.3. The Hall–Kier alpha value is -2.90. The van der Waals surface area contributed by atoms with Gasteiger partial charge in [-0.05, 0) is 37.1 Å². The first-order valence-corrected chi connectivity index (χ1v) is 10.3. The first kappa shape index (κ1) is 21.8. The van der Waals surface area contributed by atoms with E-state index in [9.17, 15) is 9.59 Å². The predicted molar refractivity (Wildman–Crippen MR) is 114 cm³/mol. The molecule has 1 aliphatic heterocycles. The number of hydrogen-bond donors (Lipinski definition) is 3. The largest absolute Gasteiger partial charge is 0.484 e. The fourth-order valence-corrected chi connectivity index (χ4v) is 3.64. The van der Waals surface area contributed by atoms with E-state index < -0.39 is 5.91 Å². The van der Waals surface area contributed by atoms with Crippen molar-refractivity contribution >= 4 is 11.8 Å². The smallest absolute Gasteiger partial charge is 0.276 e. The average molecular weight is 413 g/mol. The lowest BCUT2D eigenvalue weighted by Gasteiger charge is -2.32. The van der Waals surface area contributed by atoms with E-state index in [1.165, 1.54) is 4.90 Å². The summed E-state index contributed by atoms with van der Waals surface area (Å²) in [5, 5.41) is 0. The minimum atomic E-state index is -0.406. The second-order valence-corrected chi connectivity index (χ2v) is 7.69. The number of ether oxygens (including phenoxy) is 2. The van der Waals surface area contributed by atoms with Gasteiger partial charge in [0.15, 0.2) is 6.61 Å². The van der Waals surface area contributed by atoms with Gasteiger partial charge in [-0.1, -0.05) is 42.5 Å². The van der Waals surface area contributed by atoms with Crippen LogP contribution < -0.4 is 20.5 Å². The van der Waals surface area contributed by atoms with Gasteiger partial charge < -0.3 is 14.4 Å². The standard InChI is InChI=1S/C23H29N3O4/c1-17-14-26(15-18(2)30-17)13-12-22(27)24-25-23(28)16-29-21-10-8-20(9-11-21)19-6-4-3-5-7-19/h3-11,17-18H,12-16H2,1-2H3,(H,24,27)(H,25,28)/p+1/t17-,18+. The highest BCUT2D eigenvalue weighted by atomic mass is 16.5. The summed E-state index contributed by atoms with van der Waals surface area (Å²) in [7, 11) is 0. The molecule has 3 atom stereocenters. The van der Waals surface area contributed by atoms with Crippen LogP contribution in [0, 0.1) is 0 Å². The van der Waals surface area contributed by atoms with Crippen molar-refractivity contribution in [2.45, 2.75) is 32.5 Å². The number of morpholine rings is 1. The molecule has 1 aliphatic rings. The van der Waals surface area contributed by atoms with Crippen molar-refractivity contribution in [3.8, 4) is 16.9 Å². The molecule has 7 nitrogen and oxygen atoms in total. The Morgan fingerprint density at radius 3 is 2.20 bits per heavy atom. The van der Waals surface area contributed by atoms with Crippen LogP contribution in [0.3, 0.4) is 0 Å². The van der Waals surface area contributed by atoms with Crippen molar-refractivity contribution in [1.82, 2.24) is 10.9 Å². The molecule has 160 valence electrons. The van der Waals surface area contributed by atoms with E-state index in [1.54, 1.807) is 0 Å². The zero-order chi connectivity index (χ0) is 21.3. The Labute approximate surface area is 177 Å². The topological polar surface area (TPSA) is 81.1 Å². The van der Waals surface area contributed by atoms with Crippen LogP contribution >= 0.6 is 0 Å². The molecule has 0 radical (unpaired) electrons. The molecule has 0 bridgehead atoms. The van der Waals surface area contributed by atoms with Crippen molar-refractivity contribution in [3.05, 3.63) is 54.6 Å². The minimum absolute atomic E-state index is 0.172. The summed E-state index contributed by atoms with van der Waals surface area (Å²) in [5.74, 6) is -0.0263. The molecule has 1 fully saturated rings. The monoisotopic (exact) mass is 412 g/mol. The second kappa shape index (κ2) is 10.8. The van der Waals surface area contributed by atoms with Gasteiger partial charge in [-0.3, -0.25) is 20.4 Å². The van der Waals surface area contributed by atoms with Crippen LogP contribution in [0.25, 0.3) is 11.1 Å². The number of nitrogens with one attached hydrogen (secondary N) is 3. The summed E-state index contributed by atoms with van der Waals surface area (Å²) in [6, 6.07) is 17.6. The summed E-state index contributed by atoms with van der Waals surface area (Å²) in [5.41, 5.74) is 7.04. The maximum absolute atomic E-state index is 12.0. The lowest BCUT2D eigenvalue weighted by molar-refractivity contribution is -0.914. The number of amides is 2. The SMILES string of the molecule is C[C@@H]1C[NH+](CCC(=O)NNC(=O)COc2ccc(-c3ccccc3)cc2)C[C@H](C)O1. The molecule has 30 heavy (non-hydrogen) atoms. The number of benzene rings is 2. The van der Waals surface area contributed by atoms with Crippen LogP contribution in [-0.4, -0.2) is 50.3 Å². The molecule has 2 aromatic carbocycles. The van der Waals surface area contributed by atoms with Crippen molar-refractivity contribution in [2.24, 2.45) is 0 Å². The Morgan fingerprint density at radius 1 is 0.933 bits per heavy atom. The minimum Gasteiger partial charge on any atom is -0.484 e. The highest BCUT2D eigenvalue weighted by molar-refractivity contribution is 5.82. The van der Waals surface area contributed by atoms with Crippen LogP contribution in [0.15, 0.2) is 54.6 Å². The highest BCUT2D eigenvalue weighted by Gasteiger charge is 2.25. The van der Waals surface area contributed by atoms with Crippen molar-refractivity contribution < 1.29 is 24.0 Å². The Kier molecular flexibility index (Phi) is 7.82. The van der Waals surface area contributed by atoms with Gasteiger partial charge in [-0.25, -0.2) is 0 Å². The Balaban J connectivity index is 1.34. The third-order valence-electron chi connectivity index (χ3n) is 5.00. The highest BCUT2D eigenvalue weighted by Crippen LogP contribution is 2.21. The quantitative estimate of drug-likeness (QED) is 0.592. The average Bonchev–Trinajstić information content (AvgIpc) is 2.75. The fourth-order valence-electron chi connectivity index (χ4n) is 3.64. The number of carbonyl (C=O) groups is 2. The lowest BCUT2D eigenvalue weighted by Crippen LogP contribution is -3.15. The Bertz CT molecular complexity index is 816. The first-order chi connectivity index (χ1) is 14.5. The molecule has 2 amide bonds. The zero-order valence-electron chi connectivity index (χ0n) is 17.5. The van der Waals surface area contributed by atoms with Gasteiger partial charge >= 0.3 is 0 Å². The van der Waals surface area contributed by atoms with E-state index in [-0.39, 0.29) is 24.7 Å². The van der Waals surface area contributed by atoms with Gasteiger partial charge in [0.1, 0.15) is 31.0 Å². The third-order valence-corrected chi connectivity index (χ3v) is 5.00. The van der Waals surface area contributed by atoms with Crippen LogP contribution in [0.1, 0.15) is 20.3 Å². The van der Waals surface area contributed by atoms with E-state index >= 15 is 0 Å². The number of hydrogen-bond acceptors (Lipinski definition) is 4. The number of quaternary nitrogens is 1. The van der Waals surface area contributed by atoms with E-state index in [0.29, 0.717) is 18.7 Å². The zero-order valence-corrected chi connectivity index (χ0v) is 17.5. The molecule has 1 saturated heterocycles. The molecule has 0 spiro atoms. The van der Waals surface area contributed by atoms with Crippen molar-refractivity contribution in [2.75, 3.05) is 26.2 Å². The lowest BCUT2D eigenvalue weighted by atomic mass is 10.1. The molecule has 2 aromatic rings. The summed E-state index contributed by atoms with van der Waals surface area (Å²) < 4.78 is 11.2. The summed E-state index contributed by atoms with van der Waals surface area (Å²) in [4.78, 5) is 25.3. The van der Waals surface area contributed by atoms with Gasteiger partial charge in [-0.15, -0.1) is 0 Å². The molecule has 3 N–H and O–H groups in total. The molecule has 1 unspecified atom stereocenters. The van der Waals surface area contributed by atoms with Crippen molar-refractivity contribution in [3.63, 3.8) is 0 Å². The summed E-state index contributed by atoms with van der Waals surface area (Å²) >= 11 is 0. The third kappa shape index (κ3) is 6.86. The second-order valence-electron chi connectivity index (χ2n) is 7.69. The molecule has 0 aliphatic carbocycles. The molecule has 0 saturated carbocycles. The number of hydrazine groups is 1. The van der Waals surface area contributed by atoms with E-state index in [4.69, 9.17) is 9.47 Å². The molecular formula is C23H30N3O4+. The van der Waals surface area contributed by atoms with Crippen LogP contribution in [0.4, 0.5) is 0 Å². The normalized spacial score (nSPS) is 20.9. The van der Waals surface area contributed by atoms with Crippen molar-refractivity contribution in [1.29, 1.82) is 0 Å². The summed E-state index contributed by atoms with van der Waals surface area (Å²) in [6.45, 7) is 6.41. The van der Waals surface area contributed by atoms with Gasteiger partial charge in [0.25, 0.3) is 5.91 Å². The number of rotatable bonds is 7. The number of carbonyl (C=O) groups excluding carboxylic acids is 2. The fraction of sp³-hybridized carbons (Fsp3) is 0.391. The van der Waals surface area contributed by atoms with Gasteiger partial charge in [-0.2, -0.15) is 0 Å². The summed E-state index contributed by atoms with van der Waals surface area (Å²) in [6.07, 6.45) is 0.743. The van der Waals surface area contributed by atoms with E-state index in [2.05, 4.69) is 10.9 Å². The van der Waals surface area contributed by atoms with E-state index in [1.807, 2.05) is 68.4 Å².